The lowest BCUT2D eigenvalue weighted by molar-refractivity contribution is -0.385. The predicted molar refractivity (Wildman–Crippen MR) is 77.7 cm³/mol. The summed E-state index contributed by atoms with van der Waals surface area (Å²) in [5, 5.41) is 13.6. The number of hydrogen-bond acceptors (Lipinski definition) is 5. The van der Waals surface area contributed by atoms with Gasteiger partial charge in [0, 0.05) is 30.8 Å². The van der Waals surface area contributed by atoms with Crippen LogP contribution >= 0.6 is 0 Å². The van der Waals surface area contributed by atoms with Gasteiger partial charge in [-0.3, -0.25) is 14.9 Å². The van der Waals surface area contributed by atoms with E-state index in [1.807, 2.05) is 0 Å². The number of carbonyl (C=O) groups is 1. The van der Waals surface area contributed by atoms with E-state index in [-0.39, 0.29) is 17.3 Å². The highest BCUT2D eigenvalue weighted by Gasteiger charge is 2.17. The Labute approximate surface area is 123 Å². The SMILES string of the molecule is COc1cc(C(=O)NCCN2CCCC2)ccc1[N+](=O)[O-]. The number of nitrogens with zero attached hydrogens (tertiary/aromatic N) is 2. The van der Waals surface area contributed by atoms with E-state index < -0.39 is 4.92 Å². The van der Waals surface area contributed by atoms with E-state index in [2.05, 4.69) is 10.2 Å². The summed E-state index contributed by atoms with van der Waals surface area (Å²) in [6.45, 7) is 3.57. The lowest BCUT2D eigenvalue weighted by Crippen LogP contribution is -2.33. The van der Waals surface area contributed by atoms with E-state index in [0.717, 1.165) is 19.6 Å². The molecule has 1 heterocycles. The van der Waals surface area contributed by atoms with Crippen LogP contribution in [0.5, 0.6) is 5.75 Å². The number of ether oxygens (including phenoxy) is 1. The molecule has 0 saturated carbocycles. The monoisotopic (exact) mass is 293 g/mol. The quantitative estimate of drug-likeness (QED) is 0.633. The fourth-order valence-electron chi connectivity index (χ4n) is 2.41. The zero-order valence-electron chi connectivity index (χ0n) is 12.0. The van der Waals surface area contributed by atoms with E-state index in [9.17, 15) is 14.9 Å². The maximum absolute atomic E-state index is 12.0. The molecule has 7 heteroatoms. The van der Waals surface area contributed by atoms with Gasteiger partial charge in [0.1, 0.15) is 0 Å². The number of nitro groups is 1. The maximum Gasteiger partial charge on any atom is 0.310 e. The summed E-state index contributed by atoms with van der Waals surface area (Å²) in [6.07, 6.45) is 2.43. The molecule has 1 fully saturated rings. The van der Waals surface area contributed by atoms with Crippen molar-refractivity contribution in [3.05, 3.63) is 33.9 Å². The molecular formula is C14H19N3O4. The number of amides is 1. The van der Waals surface area contributed by atoms with E-state index in [4.69, 9.17) is 4.74 Å². The fraction of sp³-hybridized carbons (Fsp3) is 0.500. The van der Waals surface area contributed by atoms with Crippen molar-refractivity contribution < 1.29 is 14.5 Å². The minimum absolute atomic E-state index is 0.0900. The molecule has 0 bridgehead atoms. The molecule has 1 aromatic carbocycles. The summed E-state index contributed by atoms with van der Waals surface area (Å²) in [4.78, 5) is 24.6. The first-order valence-electron chi connectivity index (χ1n) is 6.95. The molecule has 1 saturated heterocycles. The van der Waals surface area contributed by atoms with Gasteiger partial charge >= 0.3 is 5.69 Å². The highest BCUT2D eigenvalue weighted by molar-refractivity contribution is 5.95. The summed E-state index contributed by atoms with van der Waals surface area (Å²) in [6, 6.07) is 4.11. The number of nitro benzene ring substituents is 1. The van der Waals surface area contributed by atoms with Gasteiger partial charge in [0.05, 0.1) is 12.0 Å². The van der Waals surface area contributed by atoms with Crippen molar-refractivity contribution in [1.29, 1.82) is 0 Å². The van der Waals surface area contributed by atoms with E-state index in [1.54, 1.807) is 0 Å². The lowest BCUT2D eigenvalue weighted by Gasteiger charge is -2.14. The molecule has 1 amide bonds. The molecular weight excluding hydrogens is 274 g/mol. The number of benzene rings is 1. The number of methoxy groups -OCH3 is 1. The lowest BCUT2D eigenvalue weighted by atomic mass is 10.1. The van der Waals surface area contributed by atoms with Crippen molar-refractivity contribution in [1.82, 2.24) is 10.2 Å². The van der Waals surface area contributed by atoms with Gasteiger partial charge in [-0.15, -0.1) is 0 Å². The molecule has 2 rings (SSSR count). The molecule has 0 spiro atoms. The van der Waals surface area contributed by atoms with Crippen LogP contribution < -0.4 is 10.1 Å². The third-order valence-electron chi connectivity index (χ3n) is 3.55. The second-order valence-corrected chi connectivity index (χ2v) is 4.95. The van der Waals surface area contributed by atoms with Crippen LogP contribution in [0.15, 0.2) is 18.2 Å². The third-order valence-corrected chi connectivity index (χ3v) is 3.55. The Hall–Kier alpha value is -2.15. The van der Waals surface area contributed by atoms with Crippen LogP contribution in [0.2, 0.25) is 0 Å². The van der Waals surface area contributed by atoms with Gasteiger partial charge in [0.25, 0.3) is 5.91 Å². The average Bonchev–Trinajstić information content (AvgIpc) is 2.99. The van der Waals surface area contributed by atoms with Crippen LogP contribution in [0.4, 0.5) is 5.69 Å². The zero-order chi connectivity index (χ0) is 15.2. The molecule has 0 unspecified atom stereocenters. The third kappa shape index (κ3) is 3.91. The number of nitrogens with one attached hydrogen (secondary N) is 1. The first-order valence-corrected chi connectivity index (χ1v) is 6.95. The van der Waals surface area contributed by atoms with Gasteiger partial charge in [0.2, 0.25) is 0 Å². The van der Waals surface area contributed by atoms with Gasteiger partial charge in [0.15, 0.2) is 5.75 Å². The van der Waals surface area contributed by atoms with Crippen molar-refractivity contribution >= 4 is 11.6 Å². The molecule has 1 aromatic rings. The van der Waals surface area contributed by atoms with Crippen molar-refractivity contribution in [3.63, 3.8) is 0 Å². The largest absolute Gasteiger partial charge is 0.490 e. The van der Waals surface area contributed by atoms with Gasteiger partial charge in [-0.1, -0.05) is 0 Å². The standard InChI is InChI=1S/C14H19N3O4/c1-21-13-10-11(4-5-12(13)17(19)20)14(18)15-6-9-16-7-2-3-8-16/h4-5,10H,2-3,6-9H2,1H3,(H,15,18). The average molecular weight is 293 g/mol. The molecule has 7 nitrogen and oxygen atoms in total. The molecule has 114 valence electrons. The van der Waals surface area contributed by atoms with Crippen LogP contribution in [0, 0.1) is 10.1 Å². The van der Waals surface area contributed by atoms with Crippen molar-refractivity contribution in [2.24, 2.45) is 0 Å². The van der Waals surface area contributed by atoms with Crippen LogP contribution in [0.25, 0.3) is 0 Å². The summed E-state index contributed by atoms with van der Waals surface area (Å²) in [5.41, 5.74) is 0.213. The summed E-state index contributed by atoms with van der Waals surface area (Å²) in [5.74, 6) is -0.158. The maximum atomic E-state index is 12.0. The Kier molecular flexibility index (Phi) is 5.10. The summed E-state index contributed by atoms with van der Waals surface area (Å²) >= 11 is 0. The minimum atomic E-state index is -0.534. The first-order chi connectivity index (χ1) is 10.1. The van der Waals surface area contributed by atoms with Gasteiger partial charge in [-0.05, 0) is 32.0 Å². The molecule has 0 aliphatic carbocycles. The van der Waals surface area contributed by atoms with Gasteiger partial charge in [-0.25, -0.2) is 0 Å². The smallest absolute Gasteiger partial charge is 0.310 e. The Morgan fingerprint density at radius 1 is 1.43 bits per heavy atom. The second-order valence-electron chi connectivity index (χ2n) is 4.95. The van der Waals surface area contributed by atoms with Crippen molar-refractivity contribution in [2.75, 3.05) is 33.3 Å². The van der Waals surface area contributed by atoms with E-state index >= 15 is 0 Å². The summed E-state index contributed by atoms with van der Waals surface area (Å²) in [7, 11) is 1.34. The molecule has 21 heavy (non-hydrogen) atoms. The van der Waals surface area contributed by atoms with Gasteiger partial charge < -0.3 is 15.0 Å². The van der Waals surface area contributed by atoms with E-state index in [1.165, 1.54) is 38.2 Å². The molecule has 0 aromatic heterocycles. The van der Waals surface area contributed by atoms with Crippen LogP contribution in [-0.2, 0) is 0 Å². The van der Waals surface area contributed by atoms with Crippen molar-refractivity contribution in [3.8, 4) is 5.75 Å². The fourth-order valence-corrected chi connectivity index (χ4v) is 2.41. The Morgan fingerprint density at radius 3 is 2.76 bits per heavy atom. The molecule has 1 aliphatic heterocycles. The topological polar surface area (TPSA) is 84.7 Å². The first kappa shape index (κ1) is 15.2. The Morgan fingerprint density at radius 2 is 2.14 bits per heavy atom. The normalized spacial score (nSPS) is 14.9. The van der Waals surface area contributed by atoms with Crippen LogP contribution in [0.3, 0.4) is 0 Å². The van der Waals surface area contributed by atoms with Crippen LogP contribution in [-0.4, -0.2) is 49.0 Å². The Bertz CT molecular complexity index is 527. The zero-order valence-corrected chi connectivity index (χ0v) is 12.0. The molecule has 0 radical (unpaired) electrons. The highest BCUT2D eigenvalue weighted by Crippen LogP contribution is 2.27. The number of rotatable bonds is 6. The molecule has 0 atom stereocenters. The number of hydrogen-bond donors (Lipinski definition) is 1. The van der Waals surface area contributed by atoms with E-state index in [0.29, 0.717) is 12.1 Å². The Balaban J connectivity index is 1.93. The second kappa shape index (κ2) is 7.03. The highest BCUT2D eigenvalue weighted by atomic mass is 16.6. The minimum Gasteiger partial charge on any atom is -0.490 e. The molecule has 1 N–H and O–H groups in total. The number of likely N-dealkylation sites (tertiary alicyclic amines) is 1. The number of carbonyl (C=O) groups excluding carboxylic acids is 1. The van der Waals surface area contributed by atoms with Crippen LogP contribution in [0.1, 0.15) is 23.2 Å². The molecule has 1 aliphatic rings. The van der Waals surface area contributed by atoms with Gasteiger partial charge in [-0.2, -0.15) is 0 Å². The summed E-state index contributed by atoms with van der Waals surface area (Å²) < 4.78 is 4.95. The predicted octanol–water partition coefficient (Wildman–Crippen LogP) is 1.43. The van der Waals surface area contributed by atoms with Crippen molar-refractivity contribution in [2.45, 2.75) is 12.8 Å².